The molecule has 5 heteroatoms. The van der Waals surface area contributed by atoms with Gasteiger partial charge in [-0.1, -0.05) is 41.9 Å². The Balaban J connectivity index is 1.84. The lowest BCUT2D eigenvalue weighted by Crippen LogP contribution is -2.17. The molecule has 0 unspecified atom stereocenters. The van der Waals surface area contributed by atoms with Crippen LogP contribution in [0.1, 0.15) is 21.7 Å². The second-order valence-electron chi connectivity index (χ2n) is 4.93. The van der Waals surface area contributed by atoms with Crippen molar-refractivity contribution in [3.63, 3.8) is 0 Å². The van der Waals surface area contributed by atoms with Crippen molar-refractivity contribution in [2.75, 3.05) is 0 Å². The number of carbonyl (C=O) groups is 1. The zero-order valence-corrected chi connectivity index (χ0v) is 12.7. The molecule has 3 rings (SSSR count). The molecule has 3 aromatic rings. The highest BCUT2D eigenvalue weighted by Gasteiger charge is 2.07. The molecule has 2 aromatic carbocycles. The van der Waals surface area contributed by atoms with E-state index in [2.05, 4.69) is 15.5 Å². The van der Waals surface area contributed by atoms with Crippen LogP contribution in [-0.2, 0) is 0 Å². The first-order valence-electron chi connectivity index (χ1n) is 6.82. The van der Waals surface area contributed by atoms with Crippen LogP contribution in [0, 0.1) is 6.92 Å². The minimum Gasteiger partial charge on any atom is -0.327 e. The molecular weight excluding hydrogens is 298 g/mol. The quantitative estimate of drug-likeness (QED) is 0.770. The maximum absolute atomic E-state index is 11.9. The van der Waals surface area contributed by atoms with Crippen molar-refractivity contribution in [2.24, 2.45) is 0 Å². The van der Waals surface area contributed by atoms with Gasteiger partial charge in [0.25, 0.3) is 5.91 Å². The highest BCUT2D eigenvalue weighted by atomic mass is 35.5. The molecule has 0 saturated carbocycles. The van der Waals surface area contributed by atoms with Crippen molar-refractivity contribution in [3.05, 3.63) is 70.6 Å². The number of hydrogen-bond acceptors (Lipinski definition) is 2. The number of aromatic amines is 1. The fourth-order valence-corrected chi connectivity index (χ4v) is 2.48. The van der Waals surface area contributed by atoms with Crippen LogP contribution in [0.15, 0.2) is 48.7 Å². The molecule has 0 spiro atoms. The lowest BCUT2D eigenvalue weighted by Gasteiger charge is -2.05. The average molecular weight is 312 g/mol. The SMILES string of the molecule is Cc1cc(C(=O)NC=Cc2c(Cl)ccc3ccccc23)n[nH]1. The highest BCUT2D eigenvalue weighted by molar-refractivity contribution is 6.33. The molecule has 0 bridgehead atoms. The molecule has 2 N–H and O–H groups in total. The summed E-state index contributed by atoms with van der Waals surface area (Å²) >= 11 is 6.26. The van der Waals surface area contributed by atoms with Crippen molar-refractivity contribution in [1.82, 2.24) is 15.5 Å². The van der Waals surface area contributed by atoms with E-state index < -0.39 is 0 Å². The van der Waals surface area contributed by atoms with E-state index in [4.69, 9.17) is 11.6 Å². The van der Waals surface area contributed by atoms with E-state index in [9.17, 15) is 4.79 Å². The van der Waals surface area contributed by atoms with E-state index in [1.807, 2.05) is 43.3 Å². The minimum atomic E-state index is -0.267. The Labute approximate surface area is 132 Å². The molecule has 22 heavy (non-hydrogen) atoms. The van der Waals surface area contributed by atoms with E-state index in [0.717, 1.165) is 22.0 Å². The third-order valence-corrected chi connectivity index (χ3v) is 3.65. The molecule has 1 heterocycles. The first kappa shape index (κ1) is 14.4. The number of aromatic nitrogens is 2. The number of rotatable bonds is 3. The van der Waals surface area contributed by atoms with Crippen LogP contribution in [0.2, 0.25) is 5.02 Å². The van der Waals surface area contributed by atoms with Gasteiger partial charge in [0.05, 0.1) is 0 Å². The molecule has 0 aliphatic carbocycles. The van der Waals surface area contributed by atoms with Gasteiger partial charge in [-0.3, -0.25) is 9.89 Å². The summed E-state index contributed by atoms with van der Waals surface area (Å²) in [5.74, 6) is -0.267. The van der Waals surface area contributed by atoms with Gasteiger partial charge in [-0.25, -0.2) is 0 Å². The smallest absolute Gasteiger partial charge is 0.275 e. The Kier molecular flexibility index (Phi) is 3.94. The molecule has 0 saturated heterocycles. The standard InChI is InChI=1S/C17H14ClN3O/c1-11-10-16(21-20-11)17(22)19-9-8-14-13-5-3-2-4-12(13)6-7-15(14)18/h2-10H,1H3,(H,19,22)(H,20,21). The van der Waals surface area contributed by atoms with Crippen molar-refractivity contribution < 1.29 is 4.79 Å². The van der Waals surface area contributed by atoms with Crippen LogP contribution in [-0.4, -0.2) is 16.1 Å². The van der Waals surface area contributed by atoms with E-state index >= 15 is 0 Å². The van der Waals surface area contributed by atoms with E-state index in [0.29, 0.717) is 10.7 Å². The number of carbonyl (C=O) groups excluding carboxylic acids is 1. The average Bonchev–Trinajstić information content (AvgIpc) is 2.96. The van der Waals surface area contributed by atoms with Gasteiger partial charge in [0.15, 0.2) is 5.69 Å². The molecule has 0 fully saturated rings. The van der Waals surface area contributed by atoms with Crippen LogP contribution in [0.25, 0.3) is 16.8 Å². The minimum absolute atomic E-state index is 0.267. The van der Waals surface area contributed by atoms with Crippen LogP contribution in [0.4, 0.5) is 0 Å². The second kappa shape index (κ2) is 6.03. The fraction of sp³-hybridized carbons (Fsp3) is 0.0588. The Hall–Kier alpha value is -2.59. The Morgan fingerprint density at radius 3 is 2.86 bits per heavy atom. The van der Waals surface area contributed by atoms with Crippen molar-refractivity contribution in [2.45, 2.75) is 6.92 Å². The predicted molar refractivity (Wildman–Crippen MR) is 88.8 cm³/mol. The first-order chi connectivity index (χ1) is 10.6. The lowest BCUT2D eigenvalue weighted by molar-refractivity contribution is 0.0965. The van der Waals surface area contributed by atoms with E-state index in [1.165, 1.54) is 0 Å². The summed E-state index contributed by atoms with van der Waals surface area (Å²) in [4.78, 5) is 11.9. The number of nitrogens with zero attached hydrogens (tertiary/aromatic N) is 1. The van der Waals surface area contributed by atoms with Crippen molar-refractivity contribution >= 4 is 34.4 Å². The van der Waals surface area contributed by atoms with Gasteiger partial charge in [-0.05, 0) is 35.9 Å². The topological polar surface area (TPSA) is 57.8 Å². The fourth-order valence-electron chi connectivity index (χ4n) is 2.25. The second-order valence-corrected chi connectivity index (χ2v) is 5.33. The summed E-state index contributed by atoms with van der Waals surface area (Å²) in [6, 6.07) is 13.5. The van der Waals surface area contributed by atoms with Gasteiger partial charge >= 0.3 is 0 Å². The largest absolute Gasteiger partial charge is 0.327 e. The molecule has 0 radical (unpaired) electrons. The first-order valence-corrected chi connectivity index (χ1v) is 7.19. The van der Waals surface area contributed by atoms with Crippen LogP contribution in [0.5, 0.6) is 0 Å². The zero-order valence-electron chi connectivity index (χ0n) is 11.9. The third kappa shape index (κ3) is 2.87. The summed E-state index contributed by atoms with van der Waals surface area (Å²) in [7, 11) is 0. The van der Waals surface area contributed by atoms with Gasteiger partial charge in [-0.15, -0.1) is 0 Å². The number of benzene rings is 2. The number of nitrogens with one attached hydrogen (secondary N) is 2. The van der Waals surface area contributed by atoms with E-state index in [-0.39, 0.29) is 5.91 Å². The molecule has 0 atom stereocenters. The van der Waals surface area contributed by atoms with Crippen molar-refractivity contribution in [1.29, 1.82) is 0 Å². The summed E-state index contributed by atoms with van der Waals surface area (Å²) < 4.78 is 0. The summed E-state index contributed by atoms with van der Waals surface area (Å²) in [5, 5.41) is 12.1. The van der Waals surface area contributed by atoms with Crippen LogP contribution >= 0.6 is 11.6 Å². The molecule has 0 aliphatic rings. The Morgan fingerprint density at radius 2 is 2.09 bits per heavy atom. The van der Waals surface area contributed by atoms with Gasteiger partial charge in [0.2, 0.25) is 0 Å². The predicted octanol–water partition coefficient (Wildman–Crippen LogP) is 3.93. The number of aryl methyl sites for hydroxylation is 1. The normalized spacial score (nSPS) is 11.2. The third-order valence-electron chi connectivity index (χ3n) is 3.32. The summed E-state index contributed by atoms with van der Waals surface area (Å²) in [6.45, 7) is 1.84. The van der Waals surface area contributed by atoms with E-state index in [1.54, 1.807) is 18.3 Å². The molecule has 1 amide bonds. The maximum atomic E-state index is 11.9. The lowest BCUT2D eigenvalue weighted by atomic mass is 10.0. The highest BCUT2D eigenvalue weighted by Crippen LogP contribution is 2.27. The van der Waals surface area contributed by atoms with Gasteiger partial charge in [-0.2, -0.15) is 5.10 Å². The summed E-state index contributed by atoms with van der Waals surface area (Å²) in [6.07, 6.45) is 3.38. The monoisotopic (exact) mass is 311 g/mol. The Morgan fingerprint density at radius 1 is 1.27 bits per heavy atom. The van der Waals surface area contributed by atoms with Gasteiger partial charge in [0.1, 0.15) is 0 Å². The molecule has 4 nitrogen and oxygen atoms in total. The number of hydrogen-bond donors (Lipinski definition) is 2. The maximum Gasteiger partial charge on any atom is 0.275 e. The van der Waals surface area contributed by atoms with Crippen molar-refractivity contribution in [3.8, 4) is 0 Å². The zero-order chi connectivity index (χ0) is 15.5. The molecule has 110 valence electrons. The van der Waals surface area contributed by atoms with Crippen LogP contribution < -0.4 is 5.32 Å². The number of H-pyrrole nitrogens is 1. The number of amides is 1. The molecular formula is C17H14ClN3O. The van der Waals surface area contributed by atoms with Crippen LogP contribution in [0.3, 0.4) is 0 Å². The van der Waals surface area contributed by atoms with Gasteiger partial charge < -0.3 is 5.32 Å². The van der Waals surface area contributed by atoms with Gasteiger partial charge in [0, 0.05) is 22.5 Å². The Bertz CT molecular complexity index is 867. The molecule has 1 aromatic heterocycles. The number of halogens is 1. The molecule has 0 aliphatic heterocycles. The summed E-state index contributed by atoms with van der Waals surface area (Å²) in [5.41, 5.74) is 2.07. The number of fused-ring (bicyclic) bond motifs is 1.